The number of ether oxygens (including phenoxy) is 4. The molecular formula is C31H37N2O4+. The number of hydrogen-bond acceptors (Lipinski definition) is 4. The van der Waals surface area contributed by atoms with Gasteiger partial charge in [0.25, 0.3) is 6.33 Å². The molecule has 0 amide bonds. The van der Waals surface area contributed by atoms with E-state index in [-0.39, 0.29) is 0 Å². The quantitative estimate of drug-likeness (QED) is 0.260. The Morgan fingerprint density at radius 1 is 0.568 bits per heavy atom. The minimum Gasteiger partial charge on any atom is -0.489 e. The fourth-order valence-corrected chi connectivity index (χ4v) is 4.60. The average Bonchev–Trinajstić information content (AvgIpc) is 3.39. The van der Waals surface area contributed by atoms with Crippen LogP contribution in [0.5, 0.6) is 23.0 Å². The molecule has 0 aliphatic carbocycles. The van der Waals surface area contributed by atoms with E-state index in [1.54, 1.807) is 0 Å². The lowest BCUT2D eigenvalue weighted by molar-refractivity contribution is -0.595. The monoisotopic (exact) mass is 501 g/mol. The van der Waals surface area contributed by atoms with Crippen LogP contribution < -0.4 is 23.5 Å². The Bertz CT molecular complexity index is 1060. The number of nitrogens with zero attached hydrogens (tertiary/aromatic N) is 2. The van der Waals surface area contributed by atoms with E-state index >= 15 is 0 Å². The second-order valence-corrected chi connectivity index (χ2v) is 9.34. The zero-order chi connectivity index (χ0) is 25.1. The Morgan fingerprint density at radius 2 is 1.00 bits per heavy atom. The highest BCUT2D eigenvalue weighted by atomic mass is 16.5. The summed E-state index contributed by atoms with van der Waals surface area (Å²) >= 11 is 0. The van der Waals surface area contributed by atoms with Crippen LogP contribution in [0.15, 0.2) is 79.4 Å². The minimum absolute atomic E-state index is 0.650. The maximum Gasteiger partial charge on any atom is 0.254 e. The van der Waals surface area contributed by atoms with Crippen LogP contribution in [0.3, 0.4) is 0 Å². The third-order valence-electron chi connectivity index (χ3n) is 6.50. The first-order valence-electron chi connectivity index (χ1n) is 13.6. The summed E-state index contributed by atoms with van der Waals surface area (Å²) in [7, 11) is 0. The molecule has 0 spiro atoms. The lowest BCUT2D eigenvalue weighted by Crippen LogP contribution is -2.29. The molecule has 0 N–H and O–H groups in total. The zero-order valence-corrected chi connectivity index (χ0v) is 21.5. The summed E-state index contributed by atoms with van der Waals surface area (Å²) in [5.41, 5.74) is 1.81. The molecule has 5 rings (SSSR count). The van der Waals surface area contributed by atoms with Gasteiger partial charge < -0.3 is 18.9 Å². The van der Waals surface area contributed by atoms with E-state index < -0.39 is 0 Å². The number of aromatic nitrogens is 2. The highest BCUT2D eigenvalue weighted by Crippen LogP contribution is 2.34. The normalized spacial score (nSPS) is 18.8. The number of hydrogen-bond donors (Lipinski definition) is 0. The van der Waals surface area contributed by atoms with Crippen LogP contribution in [0.2, 0.25) is 0 Å². The van der Waals surface area contributed by atoms with Gasteiger partial charge >= 0.3 is 0 Å². The predicted molar refractivity (Wildman–Crippen MR) is 144 cm³/mol. The summed E-state index contributed by atoms with van der Waals surface area (Å²) in [4.78, 5) is 0. The SMILES string of the molecule is C1=C\CCCOc2cccc3c2-[n+]2ccn(c2)-c2c(cccc2OCCC/C=C\CCCO3)OCCC/1. The Kier molecular flexibility index (Phi) is 8.81. The van der Waals surface area contributed by atoms with E-state index in [0.717, 1.165) is 85.7 Å². The number of benzene rings is 2. The van der Waals surface area contributed by atoms with Gasteiger partial charge in [-0.3, -0.25) is 0 Å². The molecule has 0 saturated carbocycles. The second-order valence-electron chi connectivity index (χ2n) is 9.34. The van der Waals surface area contributed by atoms with Crippen LogP contribution in [0.4, 0.5) is 0 Å². The van der Waals surface area contributed by atoms with Crippen molar-refractivity contribution in [2.75, 3.05) is 26.4 Å². The van der Waals surface area contributed by atoms with E-state index in [1.165, 1.54) is 0 Å². The van der Waals surface area contributed by atoms with Crippen LogP contribution in [0.25, 0.3) is 11.4 Å². The maximum atomic E-state index is 6.30. The zero-order valence-electron chi connectivity index (χ0n) is 21.5. The topological polar surface area (TPSA) is 45.7 Å². The van der Waals surface area contributed by atoms with Crippen LogP contribution >= 0.6 is 0 Å². The molecule has 37 heavy (non-hydrogen) atoms. The first-order valence-corrected chi connectivity index (χ1v) is 13.6. The van der Waals surface area contributed by atoms with E-state index in [9.17, 15) is 0 Å². The minimum atomic E-state index is 0.650. The molecule has 0 unspecified atom stereocenters. The molecule has 0 radical (unpaired) electrons. The lowest BCUT2D eigenvalue weighted by Gasteiger charge is -2.14. The van der Waals surface area contributed by atoms with E-state index in [2.05, 4.69) is 33.4 Å². The van der Waals surface area contributed by atoms with Gasteiger partial charge in [-0.1, -0.05) is 36.4 Å². The Morgan fingerprint density at radius 3 is 1.49 bits per heavy atom. The first kappa shape index (κ1) is 25.0. The molecule has 0 atom stereocenters. The summed E-state index contributed by atoms with van der Waals surface area (Å²) in [5.74, 6) is 3.25. The van der Waals surface area contributed by atoms with Crippen molar-refractivity contribution in [1.29, 1.82) is 0 Å². The van der Waals surface area contributed by atoms with Crippen molar-refractivity contribution in [3.63, 3.8) is 0 Å². The molecule has 194 valence electrons. The highest BCUT2D eigenvalue weighted by molar-refractivity contribution is 5.57. The van der Waals surface area contributed by atoms with Gasteiger partial charge in [0.05, 0.1) is 26.4 Å². The third kappa shape index (κ3) is 6.56. The second kappa shape index (κ2) is 13.0. The molecule has 3 aromatic rings. The summed E-state index contributed by atoms with van der Waals surface area (Å²) in [6, 6.07) is 12.1. The van der Waals surface area contributed by atoms with Crippen molar-refractivity contribution in [3.8, 4) is 34.4 Å². The smallest absolute Gasteiger partial charge is 0.254 e. The van der Waals surface area contributed by atoms with Crippen LogP contribution in [0, 0.1) is 0 Å². The number of allylic oxidation sites excluding steroid dienone is 4. The molecule has 0 fully saturated rings. The van der Waals surface area contributed by atoms with Gasteiger partial charge in [-0.05, 0) is 75.6 Å². The molecule has 6 heteroatoms. The molecule has 0 saturated heterocycles. The van der Waals surface area contributed by atoms with Crippen LogP contribution in [-0.4, -0.2) is 31.0 Å². The fourth-order valence-electron chi connectivity index (χ4n) is 4.60. The standard InChI is InChI=1S/C31H37N2O4/c1-2-6-10-22-35-27-16-14-18-29-31(27)33-20-19-32(25-33)30-26(34-21-9-5-1)15-13-17-28(30)36-23-11-7-3-4-8-12-24-37-29/h1-4,13-20,25H,5-12,21-24H2/q+1/b2-1-,4-3-. The number of rotatable bonds is 0. The summed E-state index contributed by atoms with van der Waals surface area (Å²) in [6.07, 6.45) is 22.9. The van der Waals surface area contributed by atoms with Crippen molar-refractivity contribution >= 4 is 0 Å². The molecule has 1 aromatic heterocycles. The van der Waals surface area contributed by atoms with Crippen molar-refractivity contribution in [3.05, 3.63) is 79.4 Å². The van der Waals surface area contributed by atoms with Crippen molar-refractivity contribution in [1.82, 2.24) is 4.57 Å². The van der Waals surface area contributed by atoms with Crippen molar-refractivity contribution in [2.45, 2.75) is 51.4 Å². The molecular weight excluding hydrogens is 464 g/mol. The fraction of sp³-hybridized carbons (Fsp3) is 0.387. The molecule has 2 aromatic carbocycles. The molecule has 4 bridgehead atoms. The van der Waals surface area contributed by atoms with Gasteiger partial charge in [0.15, 0.2) is 23.0 Å². The molecule has 2 aliphatic rings. The Labute approximate surface area is 219 Å². The largest absolute Gasteiger partial charge is 0.489 e. The predicted octanol–water partition coefficient (Wildman–Crippen LogP) is 6.53. The number of imidazole rings is 1. The van der Waals surface area contributed by atoms with Gasteiger partial charge in [-0.2, -0.15) is 9.13 Å². The summed E-state index contributed by atoms with van der Waals surface area (Å²) in [5, 5.41) is 0. The van der Waals surface area contributed by atoms with Crippen LogP contribution in [-0.2, 0) is 0 Å². The molecule has 6 nitrogen and oxygen atoms in total. The Balaban J connectivity index is 1.60. The lowest BCUT2D eigenvalue weighted by atomic mass is 10.2. The Hall–Kier alpha value is -3.67. The van der Waals surface area contributed by atoms with Gasteiger partial charge in [-0.15, -0.1) is 0 Å². The van der Waals surface area contributed by atoms with Gasteiger partial charge in [0.1, 0.15) is 12.4 Å². The summed E-state index contributed by atoms with van der Waals surface area (Å²) < 4.78 is 29.3. The number of para-hydroxylation sites is 2. The summed E-state index contributed by atoms with van der Waals surface area (Å²) in [6.45, 7) is 2.60. The van der Waals surface area contributed by atoms with Gasteiger partial charge in [0, 0.05) is 0 Å². The van der Waals surface area contributed by atoms with Gasteiger partial charge in [-0.25, -0.2) is 0 Å². The van der Waals surface area contributed by atoms with Gasteiger partial charge in [0.2, 0.25) is 11.4 Å². The molecule has 3 heterocycles. The molecule has 2 aliphatic heterocycles. The maximum absolute atomic E-state index is 6.30. The third-order valence-corrected chi connectivity index (χ3v) is 6.50. The van der Waals surface area contributed by atoms with E-state index in [0.29, 0.717) is 26.4 Å². The highest BCUT2D eigenvalue weighted by Gasteiger charge is 2.23. The van der Waals surface area contributed by atoms with Crippen LogP contribution in [0.1, 0.15) is 51.4 Å². The van der Waals surface area contributed by atoms with E-state index in [4.69, 9.17) is 18.9 Å². The van der Waals surface area contributed by atoms with E-state index in [1.807, 2.05) is 55.1 Å². The first-order chi connectivity index (χ1) is 18.4. The average molecular weight is 502 g/mol. The van der Waals surface area contributed by atoms with Crippen molar-refractivity contribution in [2.24, 2.45) is 0 Å². The van der Waals surface area contributed by atoms with Crippen molar-refractivity contribution < 1.29 is 23.5 Å².